The van der Waals surface area contributed by atoms with Crippen molar-refractivity contribution in [1.29, 1.82) is 0 Å². The van der Waals surface area contributed by atoms with Gasteiger partial charge in [-0.05, 0) is 50.2 Å². The van der Waals surface area contributed by atoms with Crippen molar-refractivity contribution in [3.8, 4) is 5.75 Å². The predicted octanol–water partition coefficient (Wildman–Crippen LogP) is 2.62. The molecule has 1 amide bonds. The molecule has 3 rings (SSSR count). The number of likely N-dealkylation sites (tertiary alicyclic amines) is 1. The molecule has 23 heavy (non-hydrogen) atoms. The van der Waals surface area contributed by atoms with Crippen molar-refractivity contribution in [2.75, 3.05) is 26.2 Å². The largest absolute Gasteiger partial charge is 0.490 e. The fourth-order valence-electron chi connectivity index (χ4n) is 3.23. The predicted molar refractivity (Wildman–Crippen MR) is 89.5 cm³/mol. The first-order valence-electron chi connectivity index (χ1n) is 8.14. The highest BCUT2D eigenvalue weighted by molar-refractivity contribution is 5.85. The number of amides is 1. The minimum atomic E-state index is -0.255. The van der Waals surface area contributed by atoms with Crippen LogP contribution < -0.4 is 10.1 Å². The van der Waals surface area contributed by atoms with E-state index in [1.165, 1.54) is 12.1 Å². The Morgan fingerprint density at radius 2 is 1.70 bits per heavy atom. The zero-order valence-electron chi connectivity index (χ0n) is 13.2. The molecule has 0 atom stereocenters. The molecular formula is C17H24ClFN2O2. The molecule has 2 saturated heterocycles. The number of carbonyl (C=O) groups is 1. The summed E-state index contributed by atoms with van der Waals surface area (Å²) in [6.45, 7) is 3.41. The summed E-state index contributed by atoms with van der Waals surface area (Å²) in [5.74, 6) is 0.941. The Balaban J connectivity index is 0.00000192. The van der Waals surface area contributed by atoms with Gasteiger partial charge in [0.25, 0.3) is 0 Å². The van der Waals surface area contributed by atoms with Crippen LogP contribution in [0.25, 0.3) is 0 Å². The van der Waals surface area contributed by atoms with Crippen LogP contribution in [0.1, 0.15) is 25.7 Å². The van der Waals surface area contributed by atoms with Crippen LogP contribution in [0.4, 0.5) is 4.39 Å². The Hall–Kier alpha value is -1.33. The highest BCUT2D eigenvalue weighted by Gasteiger charge is 2.29. The minimum absolute atomic E-state index is 0. The van der Waals surface area contributed by atoms with Gasteiger partial charge in [0.15, 0.2) is 0 Å². The van der Waals surface area contributed by atoms with Gasteiger partial charge in [-0.3, -0.25) is 4.79 Å². The van der Waals surface area contributed by atoms with Gasteiger partial charge in [-0.1, -0.05) is 0 Å². The summed E-state index contributed by atoms with van der Waals surface area (Å²) in [6.07, 6.45) is 3.69. The number of hydrogen-bond acceptors (Lipinski definition) is 3. The highest BCUT2D eigenvalue weighted by Crippen LogP contribution is 2.22. The van der Waals surface area contributed by atoms with Crippen LogP contribution in [-0.4, -0.2) is 43.1 Å². The summed E-state index contributed by atoms with van der Waals surface area (Å²) < 4.78 is 18.7. The third kappa shape index (κ3) is 4.82. The number of nitrogens with zero attached hydrogens (tertiary/aromatic N) is 1. The fraction of sp³-hybridized carbons (Fsp3) is 0.588. The van der Waals surface area contributed by atoms with E-state index in [-0.39, 0.29) is 30.2 Å². The maximum Gasteiger partial charge on any atom is 0.225 e. The van der Waals surface area contributed by atoms with Gasteiger partial charge in [0.2, 0.25) is 5.91 Å². The third-order valence-corrected chi connectivity index (χ3v) is 4.56. The van der Waals surface area contributed by atoms with Gasteiger partial charge in [-0.25, -0.2) is 4.39 Å². The standard InChI is InChI=1S/C17H23FN2O2.ClH/c18-14-1-3-15(4-2-14)22-16-7-11-20(12-8-16)17(21)13-5-9-19-10-6-13;/h1-4,13,16,19H,5-12H2;1H. The second-order valence-corrected chi connectivity index (χ2v) is 6.12. The molecule has 0 aliphatic carbocycles. The number of carbonyl (C=O) groups excluding carboxylic acids is 1. The molecule has 1 N–H and O–H groups in total. The van der Waals surface area contributed by atoms with Crippen molar-refractivity contribution in [1.82, 2.24) is 10.2 Å². The number of halogens is 2. The maximum absolute atomic E-state index is 12.9. The first-order valence-corrected chi connectivity index (χ1v) is 8.14. The number of piperidine rings is 2. The van der Waals surface area contributed by atoms with Gasteiger partial charge < -0.3 is 15.0 Å². The lowest BCUT2D eigenvalue weighted by molar-refractivity contribution is -0.138. The van der Waals surface area contributed by atoms with Gasteiger partial charge in [0.1, 0.15) is 17.7 Å². The van der Waals surface area contributed by atoms with Crippen molar-refractivity contribution in [3.63, 3.8) is 0 Å². The lowest BCUT2D eigenvalue weighted by atomic mass is 9.95. The second-order valence-electron chi connectivity index (χ2n) is 6.12. The number of benzene rings is 1. The fourth-order valence-corrected chi connectivity index (χ4v) is 3.23. The Kier molecular flexibility index (Phi) is 6.66. The van der Waals surface area contributed by atoms with Crippen molar-refractivity contribution in [2.24, 2.45) is 5.92 Å². The molecule has 0 spiro atoms. The summed E-state index contributed by atoms with van der Waals surface area (Å²) in [4.78, 5) is 14.5. The molecule has 2 aliphatic rings. The molecule has 128 valence electrons. The summed E-state index contributed by atoms with van der Waals surface area (Å²) in [7, 11) is 0. The van der Waals surface area contributed by atoms with Crippen molar-refractivity contribution >= 4 is 18.3 Å². The van der Waals surface area contributed by atoms with E-state index in [1.54, 1.807) is 12.1 Å². The van der Waals surface area contributed by atoms with Gasteiger partial charge in [0.05, 0.1) is 0 Å². The number of rotatable bonds is 3. The summed E-state index contributed by atoms with van der Waals surface area (Å²) in [5.41, 5.74) is 0. The normalized spacial score (nSPS) is 20.0. The molecule has 1 aromatic rings. The second kappa shape index (κ2) is 8.50. The van der Waals surface area contributed by atoms with Gasteiger partial charge in [0, 0.05) is 31.8 Å². The summed E-state index contributed by atoms with van der Waals surface area (Å²) in [6, 6.07) is 6.12. The van der Waals surface area contributed by atoms with Crippen molar-refractivity contribution in [2.45, 2.75) is 31.8 Å². The number of nitrogens with one attached hydrogen (secondary N) is 1. The summed E-state index contributed by atoms with van der Waals surface area (Å²) in [5, 5.41) is 3.29. The highest BCUT2D eigenvalue weighted by atomic mass is 35.5. The Morgan fingerprint density at radius 1 is 1.09 bits per heavy atom. The van der Waals surface area contributed by atoms with Crippen LogP contribution >= 0.6 is 12.4 Å². The van der Waals surface area contributed by atoms with Crippen LogP contribution in [-0.2, 0) is 4.79 Å². The van der Waals surface area contributed by atoms with E-state index in [2.05, 4.69) is 5.32 Å². The van der Waals surface area contributed by atoms with Crippen molar-refractivity contribution in [3.05, 3.63) is 30.1 Å². The van der Waals surface area contributed by atoms with Gasteiger partial charge in [-0.2, -0.15) is 0 Å². The molecule has 2 heterocycles. The molecule has 0 radical (unpaired) electrons. The van der Waals surface area contributed by atoms with Crippen LogP contribution in [0.2, 0.25) is 0 Å². The summed E-state index contributed by atoms with van der Waals surface area (Å²) >= 11 is 0. The lowest BCUT2D eigenvalue weighted by Crippen LogP contribution is -2.46. The Bertz CT molecular complexity index is 498. The van der Waals surface area contributed by atoms with Crippen LogP contribution in [0.3, 0.4) is 0 Å². The number of ether oxygens (including phenoxy) is 1. The SMILES string of the molecule is Cl.O=C(C1CCNCC1)N1CCC(Oc2ccc(F)cc2)CC1. The monoisotopic (exact) mass is 342 g/mol. The number of hydrogen-bond donors (Lipinski definition) is 1. The Labute approximate surface area is 142 Å². The molecule has 1 aromatic carbocycles. The zero-order valence-corrected chi connectivity index (χ0v) is 14.0. The Morgan fingerprint density at radius 3 is 2.30 bits per heavy atom. The van der Waals surface area contributed by atoms with E-state index < -0.39 is 0 Å². The first-order chi connectivity index (χ1) is 10.7. The van der Waals surface area contributed by atoms with E-state index in [0.29, 0.717) is 11.7 Å². The lowest BCUT2D eigenvalue weighted by Gasteiger charge is -2.35. The molecule has 0 unspecified atom stereocenters. The van der Waals surface area contributed by atoms with E-state index in [0.717, 1.165) is 51.9 Å². The molecule has 0 saturated carbocycles. The molecule has 6 heteroatoms. The third-order valence-electron chi connectivity index (χ3n) is 4.56. The molecule has 0 aromatic heterocycles. The van der Waals surface area contributed by atoms with Gasteiger partial charge >= 0.3 is 0 Å². The molecule has 2 aliphatic heterocycles. The average molecular weight is 343 g/mol. The van der Waals surface area contributed by atoms with Crippen molar-refractivity contribution < 1.29 is 13.9 Å². The van der Waals surface area contributed by atoms with Crippen LogP contribution in [0.5, 0.6) is 5.75 Å². The topological polar surface area (TPSA) is 41.6 Å². The van der Waals surface area contributed by atoms with E-state index in [1.807, 2.05) is 4.90 Å². The van der Waals surface area contributed by atoms with E-state index in [9.17, 15) is 9.18 Å². The van der Waals surface area contributed by atoms with Crippen LogP contribution in [0.15, 0.2) is 24.3 Å². The van der Waals surface area contributed by atoms with Crippen LogP contribution in [0, 0.1) is 11.7 Å². The molecule has 4 nitrogen and oxygen atoms in total. The minimum Gasteiger partial charge on any atom is -0.490 e. The molecule has 0 bridgehead atoms. The quantitative estimate of drug-likeness (QED) is 0.918. The maximum atomic E-state index is 12.9. The zero-order chi connectivity index (χ0) is 15.4. The van der Waals surface area contributed by atoms with E-state index >= 15 is 0 Å². The first kappa shape index (κ1) is 18.0. The average Bonchev–Trinajstić information content (AvgIpc) is 2.58. The molecule has 2 fully saturated rings. The van der Waals surface area contributed by atoms with E-state index in [4.69, 9.17) is 4.74 Å². The smallest absolute Gasteiger partial charge is 0.225 e. The molecular weight excluding hydrogens is 319 g/mol. The van der Waals surface area contributed by atoms with Gasteiger partial charge in [-0.15, -0.1) is 12.4 Å².